The molecule has 196 valence electrons. The molecule has 0 aliphatic heterocycles. The summed E-state index contributed by atoms with van der Waals surface area (Å²) in [6, 6.07) is 19.3. The summed E-state index contributed by atoms with van der Waals surface area (Å²) in [5, 5.41) is 11.3. The lowest BCUT2D eigenvalue weighted by molar-refractivity contribution is 0.0122. The summed E-state index contributed by atoms with van der Waals surface area (Å²) < 4.78 is 29.5. The summed E-state index contributed by atoms with van der Waals surface area (Å²) in [7, 11) is 1.45. The Kier molecular flexibility index (Phi) is 9.18. The van der Waals surface area contributed by atoms with E-state index in [9.17, 15) is 14.3 Å². The van der Waals surface area contributed by atoms with Crippen LogP contribution < -0.4 is 9.47 Å². The highest BCUT2D eigenvalue weighted by molar-refractivity contribution is 6.42. The van der Waals surface area contributed by atoms with Gasteiger partial charge in [-0.1, -0.05) is 53.5 Å². The predicted octanol–water partition coefficient (Wildman–Crippen LogP) is 7.53. The molecule has 6 nitrogen and oxygen atoms in total. The van der Waals surface area contributed by atoms with E-state index >= 15 is 0 Å². The molecule has 0 fully saturated rings. The van der Waals surface area contributed by atoms with Gasteiger partial charge in [0.1, 0.15) is 36.4 Å². The molecule has 0 saturated heterocycles. The molecule has 4 rings (SSSR count). The summed E-state index contributed by atoms with van der Waals surface area (Å²) in [5.74, 6) is -0.598. The Labute approximate surface area is 229 Å². The molecule has 0 unspecified atom stereocenters. The van der Waals surface area contributed by atoms with Crippen LogP contribution in [0.5, 0.6) is 11.5 Å². The average Bonchev–Trinajstić information content (AvgIpc) is 2.92. The van der Waals surface area contributed by atoms with Crippen molar-refractivity contribution in [3.63, 3.8) is 0 Å². The first-order chi connectivity index (χ1) is 18.4. The Balaban J connectivity index is 1.54. The van der Waals surface area contributed by atoms with E-state index in [0.29, 0.717) is 15.8 Å². The van der Waals surface area contributed by atoms with Crippen molar-refractivity contribution in [1.29, 1.82) is 0 Å². The first-order valence-electron chi connectivity index (χ1n) is 11.6. The van der Waals surface area contributed by atoms with E-state index < -0.39 is 18.7 Å². The van der Waals surface area contributed by atoms with Gasteiger partial charge in [0.2, 0.25) is 0 Å². The van der Waals surface area contributed by atoms with E-state index in [-0.39, 0.29) is 24.5 Å². The molecule has 0 radical (unpaired) electrons. The monoisotopic (exact) mass is 555 g/mol. The zero-order valence-electron chi connectivity index (χ0n) is 20.4. The quantitative estimate of drug-likeness (QED) is 0.206. The van der Waals surface area contributed by atoms with Gasteiger partial charge in [0.25, 0.3) is 0 Å². The van der Waals surface area contributed by atoms with Crippen LogP contribution in [0, 0.1) is 0 Å². The van der Waals surface area contributed by atoms with Crippen LogP contribution in [0.4, 0.5) is 4.39 Å². The number of carbonyl (C=O) groups is 1. The van der Waals surface area contributed by atoms with Crippen molar-refractivity contribution < 1.29 is 28.5 Å². The van der Waals surface area contributed by atoms with Crippen molar-refractivity contribution in [2.24, 2.45) is 0 Å². The van der Waals surface area contributed by atoms with Gasteiger partial charge in [-0.25, -0.2) is 14.2 Å². The van der Waals surface area contributed by atoms with E-state index in [4.69, 9.17) is 37.4 Å². The molecule has 3 aromatic carbocycles. The van der Waals surface area contributed by atoms with Gasteiger partial charge < -0.3 is 19.3 Å². The Bertz CT molecular complexity index is 1480. The van der Waals surface area contributed by atoms with Crippen molar-refractivity contribution in [3.8, 4) is 11.5 Å². The van der Waals surface area contributed by atoms with Crippen molar-refractivity contribution in [1.82, 2.24) is 4.98 Å². The highest BCUT2D eigenvalue weighted by Gasteiger charge is 2.18. The van der Waals surface area contributed by atoms with Crippen LogP contribution in [0.3, 0.4) is 0 Å². The van der Waals surface area contributed by atoms with Crippen LogP contribution in [-0.4, -0.2) is 43.1 Å². The van der Waals surface area contributed by atoms with Gasteiger partial charge in [-0.05, 0) is 59.7 Å². The SMILES string of the molecule is COc1ccc(OC[C@H](OCCF)c2cccc(/C=C/c3ccc4cc(Cl)c(Cl)cc4n3)c2)c(C(=O)O)c1. The average molecular weight is 556 g/mol. The van der Waals surface area contributed by atoms with Crippen LogP contribution in [0.15, 0.2) is 66.7 Å². The van der Waals surface area contributed by atoms with Crippen LogP contribution in [0.1, 0.15) is 33.3 Å². The maximum Gasteiger partial charge on any atom is 0.339 e. The minimum absolute atomic E-state index is 0.0185. The molecule has 1 atom stereocenters. The minimum atomic E-state index is -1.15. The normalized spacial score (nSPS) is 12.1. The van der Waals surface area contributed by atoms with E-state index in [0.717, 1.165) is 27.7 Å². The zero-order valence-corrected chi connectivity index (χ0v) is 21.9. The number of rotatable bonds is 11. The second kappa shape index (κ2) is 12.7. The van der Waals surface area contributed by atoms with Crippen LogP contribution >= 0.6 is 23.2 Å². The summed E-state index contributed by atoms with van der Waals surface area (Å²) in [6.07, 6.45) is 3.13. The Morgan fingerprint density at radius 1 is 1.05 bits per heavy atom. The summed E-state index contributed by atoms with van der Waals surface area (Å²) in [4.78, 5) is 16.3. The molecule has 0 spiro atoms. The van der Waals surface area contributed by atoms with Gasteiger partial charge in [0.15, 0.2) is 0 Å². The summed E-state index contributed by atoms with van der Waals surface area (Å²) >= 11 is 12.2. The van der Waals surface area contributed by atoms with E-state index in [2.05, 4.69) is 4.98 Å². The molecule has 1 heterocycles. The fourth-order valence-corrected chi connectivity index (χ4v) is 4.12. The van der Waals surface area contributed by atoms with Gasteiger partial charge in [-0.15, -0.1) is 0 Å². The van der Waals surface area contributed by atoms with Gasteiger partial charge >= 0.3 is 5.97 Å². The summed E-state index contributed by atoms with van der Waals surface area (Å²) in [6.45, 7) is -0.812. The molecule has 0 amide bonds. The molecule has 4 aromatic rings. The second-order valence-electron chi connectivity index (χ2n) is 8.23. The third-order valence-corrected chi connectivity index (χ3v) is 6.41. The number of aromatic nitrogens is 1. The lowest BCUT2D eigenvalue weighted by Gasteiger charge is -2.20. The molecule has 0 bridgehead atoms. The van der Waals surface area contributed by atoms with Crippen LogP contribution in [-0.2, 0) is 4.74 Å². The minimum Gasteiger partial charge on any atom is -0.497 e. The van der Waals surface area contributed by atoms with Crippen molar-refractivity contribution in [2.45, 2.75) is 6.10 Å². The van der Waals surface area contributed by atoms with Crippen molar-refractivity contribution in [3.05, 3.63) is 99.2 Å². The van der Waals surface area contributed by atoms with E-state index in [1.807, 2.05) is 48.6 Å². The number of ether oxygens (including phenoxy) is 3. The number of carboxylic acid groups (broad SMARTS) is 1. The number of alkyl halides is 1. The smallest absolute Gasteiger partial charge is 0.339 e. The summed E-state index contributed by atoms with van der Waals surface area (Å²) in [5.41, 5.74) is 3.03. The molecule has 1 aromatic heterocycles. The number of halogens is 3. The molecule has 9 heteroatoms. The highest BCUT2D eigenvalue weighted by Crippen LogP contribution is 2.29. The number of pyridine rings is 1. The highest BCUT2D eigenvalue weighted by atomic mass is 35.5. The Morgan fingerprint density at radius 2 is 1.87 bits per heavy atom. The number of methoxy groups -OCH3 is 1. The number of hydrogen-bond donors (Lipinski definition) is 1. The van der Waals surface area contributed by atoms with Gasteiger partial charge in [-0.2, -0.15) is 0 Å². The number of benzene rings is 3. The van der Waals surface area contributed by atoms with Crippen molar-refractivity contribution >= 4 is 52.2 Å². The molecule has 0 saturated carbocycles. The first-order valence-corrected chi connectivity index (χ1v) is 12.4. The maximum atomic E-state index is 12.9. The number of carboxylic acids is 1. The van der Waals surface area contributed by atoms with E-state index in [1.54, 1.807) is 18.2 Å². The van der Waals surface area contributed by atoms with Gasteiger partial charge in [-0.3, -0.25) is 0 Å². The molecule has 1 N–H and O–H groups in total. The molecular weight excluding hydrogens is 532 g/mol. The Morgan fingerprint density at radius 3 is 2.63 bits per heavy atom. The lowest BCUT2D eigenvalue weighted by Crippen LogP contribution is -2.16. The van der Waals surface area contributed by atoms with Crippen molar-refractivity contribution in [2.75, 3.05) is 27.0 Å². The fourth-order valence-electron chi connectivity index (χ4n) is 3.79. The number of aromatic carboxylic acids is 1. The number of hydrogen-bond acceptors (Lipinski definition) is 5. The third kappa shape index (κ3) is 6.81. The van der Waals surface area contributed by atoms with Gasteiger partial charge in [0.05, 0.1) is 35.0 Å². The lowest BCUT2D eigenvalue weighted by atomic mass is 10.1. The first kappa shape index (κ1) is 27.4. The molecule has 0 aliphatic carbocycles. The predicted molar refractivity (Wildman–Crippen MR) is 147 cm³/mol. The van der Waals surface area contributed by atoms with Crippen LogP contribution in [0.25, 0.3) is 23.1 Å². The number of fused-ring (bicyclic) bond motifs is 1. The fraction of sp³-hybridized carbons (Fsp3) is 0.172. The Hall–Kier alpha value is -3.65. The molecule has 38 heavy (non-hydrogen) atoms. The molecule has 0 aliphatic rings. The largest absolute Gasteiger partial charge is 0.497 e. The second-order valence-corrected chi connectivity index (χ2v) is 9.04. The maximum absolute atomic E-state index is 12.9. The third-order valence-electron chi connectivity index (χ3n) is 5.69. The topological polar surface area (TPSA) is 77.9 Å². The van der Waals surface area contributed by atoms with Crippen LogP contribution in [0.2, 0.25) is 10.0 Å². The standard InChI is InChI=1S/C29H24Cl2FNO5/c1-36-22-9-10-27(23(15-22)29(34)35)38-17-28(37-12-11-32)20-4-2-3-18(13-20)5-7-21-8-6-19-14-24(30)25(31)16-26(19)33-21/h2-10,13-16,28H,11-12,17H2,1H3,(H,34,35)/b7-5+/t28-/m0/s1. The van der Waals surface area contributed by atoms with Gasteiger partial charge in [0, 0.05) is 5.39 Å². The van der Waals surface area contributed by atoms with E-state index in [1.165, 1.54) is 19.2 Å². The molecular formula is C29H24Cl2FNO5. The number of nitrogens with zero attached hydrogens (tertiary/aromatic N) is 1. The zero-order chi connectivity index (χ0) is 27.1.